The number of ether oxygens (including phenoxy) is 3. The van der Waals surface area contributed by atoms with Gasteiger partial charge in [0.25, 0.3) is 5.91 Å². The van der Waals surface area contributed by atoms with Crippen LogP contribution in [-0.2, 0) is 4.74 Å². The molecule has 0 aliphatic carbocycles. The number of aromatic nitrogens is 1. The Kier molecular flexibility index (Phi) is 7.08. The lowest BCUT2D eigenvalue weighted by molar-refractivity contribution is 0.0162. The van der Waals surface area contributed by atoms with E-state index in [-0.39, 0.29) is 17.1 Å². The Hall–Kier alpha value is -2.35. The second-order valence-corrected chi connectivity index (χ2v) is 6.74. The highest BCUT2D eigenvalue weighted by Gasteiger charge is 2.24. The van der Waals surface area contributed by atoms with Crippen molar-refractivity contribution in [1.82, 2.24) is 15.2 Å². The summed E-state index contributed by atoms with van der Waals surface area (Å²) in [6, 6.07) is 9.00. The van der Waals surface area contributed by atoms with Gasteiger partial charge in [-0.3, -0.25) is 9.69 Å². The Labute approximate surface area is 169 Å². The summed E-state index contributed by atoms with van der Waals surface area (Å²) in [5.74, 6) is 1.14. The quantitative estimate of drug-likeness (QED) is 0.714. The monoisotopic (exact) mass is 405 g/mol. The maximum Gasteiger partial charge on any atom is 0.251 e. The van der Waals surface area contributed by atoms with Crippen LogP contribution in [0.5, 0.6) is 11.5 Å². The number of carbonyl (C=O) groups is 1. The number of methoxy groups -OCH3 is 2. The molecule has 8 heteroatoms. The lowest BCUT2D eigenvalue weighted by atomic mass is 10.0. The molecule has 1 atom stereocenters. The van der Waals surface area contributed by atoms with Crippen LogP contribution in [-0.4, -0.2) is 62.9 Å². The number of rotatable bonds is 7. The van der Waals surface area contributed by atoms with Gasteiger partial charge < -0.3 is 19.5 Å². The van der Waals surface area contributed by atoms with Crippen LogP contribution in [0.15, 0.2) is 36.5 Å². The van der Waals surface area contributed by atoms with Crippen molar-refractivity contribution in [1.29, 1.82) is 0 Å². The van der Waals surface area contributed by atoms with E-state index in [0.717, 1.165) is 18.7 Å². The molecule has 0 spiro atoms. The van der Waals surface area contributed by atoms with Crippen LogP contribution in [0.4, 0.5) is 0 Å². The number of carbonyl (C=O) groups excluding carboxylic acids is 1. The third-order valence-electron chi connectivity index (χ3n) is 4.72. The molecule has 1 saturated heterocycles. The second kappa shape index (κ2) is 9.73. The van der Waals surface area contributed by atoms with Gasteiger partial charge in [-0.2, -0.15) is 0 Å². The van der Waals surface area contributed by atoms with E-state index in [1.54, 1.807) is 26.4 Å². The van der Waals surface area contributed by atoms with Crippen molar-refractivity contribution in [2.24, 2.45) is 0 Å². The lowest BCUT2D eigenvalue weighted by Crippen LogP contribution is -2.43. The van der Waals surface area contributed by atoms with Gasteiger partial charge in [-0.25, -0.2) is 4.98 Å². The van der Waals surface area contributed by atoms with E-state index >= 15 is 0 Å². The molecule has 1 fully saturated rings. The number of hydrogen-bond donors (Lipinski definition) is 1. The van der Waals surface area contributed by atoms with E-state index in [1.807, 2.05) is 18.2 Å². The molecule has 150 valence electrons. The van der Waals surface area contributed by atoms with Gasteiger partial charge in [0.15, 0.2) is 11.5 Å². The van der Waals surface area contributed by atoms with Crippen LogP contribution < -0.4 is 14.8 Å². The molecular weight excluding hydrogens is 382 g/mol. The first-order valence-corrected chi connectivity index (χ1v) is 9.43. The molecular formula is C20H24ClN3O4. The number of morpholine rings is 1. The molecule has 0 radical (unpaired) electrons. The molecule has 7 nitrogen and oxygen atoms in total. The SMILES string of the molecule is COc1ccc(C(CNC(=O)c2ccnc(Cl)c2)N2CCOCC2)cc1OC. The summed E-state index contributed by atoms with van der Waals surface area (Å²) in [6.07, 6.45) is 1.52. The summed E-state index contributed by atoms with van der Waals surface area (Å²) in [5.41, 5.74) is 1.51. The molecule has 2 aromatic rings. The van der Waals surface area contributed by atoms with Crippen molar-refractivity contribution in [3.05, 3.63) is 52.8 Å². The largest absolute Gasteiger partial charge is 0.493 e. The summed E-state index contributed by atoms with van der Waals surface area (Å²) < 4.78 is 16.3. The lowest BCUT2D eigenvalue weighted by Gasteiger charge is -2.35. The predicted octanol–water partition coefficient (Wildman–Crippen LogP) is 2.56. The smallest absolute Gasteiger partial charge is 0.251 e. The number of hydrogen-bond acceptors (Lipinski definition) is 6. The zero-order chi connectivity index (χ0) is 19.9. The van der Waals surface area contributed by atoms with Gasteiger partial charge >= 0.3 is 0 Å². The van der Waals surface area contributed by atoms with Crippen LogP contribution >= 0.6 is 11.6 Å². The van der Waals surface area contributed by atoms with Crippen molar-refractivity contribution in [2.45, 2.75) is 6.04 Å². The van der Waals surface area contributed by atoms with Crippen LogP contribution in [0.3, 0.4) is 0 Å². The number of pyridine rings is 1. The Morgan fingerprint density at radius 2 is 1.96 bits per heavy atom. The number of benzene rings is 1. The normalized spacial score (nSPS) is 15.7. The fraction of sp³-hybridized carbons (Fsp3) is 0.400. The Balaban J connectivity index is 1.80. The number of nitrogens with one attached hydrogen (secondary N) is 1. The molecule has 1 unspecified atom stereocenters. The molecule has 1 aliphatic rings. The average Bonchev–Trinajstić information content (AvgIpc) is 2.74. The second-order valence-electron chi connectivity index (χ2n) is 6.36. The van der Waals surface area contributed by atoms with Gasteiger partial charge in [-0.15, -0.1) is 0 Å². The first-order valence-electron chi connectivity index (χ1n) is 9.06. The fourth-order valence-electron chi connectivity index (χ4n) is 3.24. The van der Waals surface area contributed by atoms with E-state index in [4.69, 9.17) is 25.8 Å². The summed E-state index contributed by atoms with van der Waals surface area (Å²) in [4.78, 5) is 18.8. The van der Waals surface area contributed by atoms with Gasteiger partial charge in [0, 0.05) is 31.4 Å². The zero-order valence-electron chi connectivity index (χ0n) is 16.0. The molecule has 1 aliphatic heterocycles. The minimum Gasteiger partial charge on any atom is -0.493 e. The van der Waals surface area contributed by atoms with Crippen LogP contribution in [0, 0.1) is 0 Å². The van der Waals surface area contributed by atoms with Crippen molar-refractivity contribution in [3.63, 3.8) is 0 Å². The van der Waals surface area contributed by atoms with Crippen molar-refractivity contribution in [2.75, 3.05) is 47.1 Å². The maximum absolute atomic E-state index is 12.6. The Bertz CT molecular complexity index is 812. The summed E-state index contributed by atoms with van der Waals surface area (Å²) in [5, 5.41) is 3.30. The average molecular weight is 406 g/mol. The molecule has 3 rings (SSSR count). The van der Waals surface area contributed by atoms with Crippen LogP contribution in [0.2, 0.25) is 5.15 Å². The third kappa shape index (κ3) is 4.92. The Morgan fingerprint density at radius 1 is 1.21 bits per heavy atom. The number of amides is 1. The number of nitrogens with zero attached hydrogens (tertiary/aromatic N) is 2. The standard InChI is InChI=1S/C20H24ClN3O4/c1-26-17-4-3-14(11-18(17)27-2)16(24-7-9-28-10-8-24)13-23-20(25)15-5-6-22-19(21)12-15/h3-6,11-12,16H,7-10,13H2,1-2H3,(H,23,25). The topological polar surface area (TPSA) is 72.9 Å². The van der Waals surface area contributed by atoms with E-state index < -0.39 is 0 Å². The molecule has 1 N–H and O–H groups in total. The first kappa shape index (κ1) is 20.4. The third-order valence-corrected chi connectivity index (χ3v) is 4.93. The fourth-order valence-corrected chi connectivity index (χ4v) is 3.42. The number of halogens is 1. The Morgan fingerprint density at radius 3 is 2.64 bits per heavy atom. The molecule has 28 heavy (non-hydrogen) atoms. The molecule has 0 bridgehead atoms. The van der Waals surface area contributed by atoms with E-state index in [1.165, 1.54) is 6.20 Å². The highest BCUT2D eigenvalue weighted by atomic mass is 35.5. The highest BCUT2D eigenvalue weighted by Crippen LogP contribution is 2.32. The van der Waals surface area contributed by atoms with Crippen LogP contribution in [0.1, 0.15) is 22.0 Å². The van der Waals surface area contributed by atoms with Crippen molar-refractivity contribution in [3.8, 4) is 11.5 Å². The zero-order valence-corrected chi connectivity index (χ0v) is 16.7. The minimum atomic E-state index is -0.192. The summed E-state index contributed by atoms with van der Waals surface area (Å²) in [6.45, 7) is 3.34. The first-order chi connectivity index (χ1) is 13.6. The summed E-state index contributed by atoms with van der Waals surface area (Å²) >= 11 is 5.89. The van der Waals surface area contributed by atoms with Crippen molar-refractivity contribution < 1.29 is 19.0 Å². The van der Waals surface area contributed by atoms with Crippen LogP contribution in [0.25, 0.3) is 0 Å². The van der Waals surface area contributed by atoms with Gasteiger partial charge in [0.05, 0.1) is 33.5 Å². The minimum absolute atomic E-state index is 0.0232. The molecule has 1 aromatic heterocycles. The molecule has 1 amide bonds. The maximum atomic E-state index is 12.6. The molecule has 2 heterocycles. The van der Waals surface area contributed by atoms with E-state index in [2.05, 4.69) is 15.2 Å². The van der Waals surface area contributed by atoms with E-state index in [9.17, 15) is 4.79 Å². The van der Waals surface area contributed by atoms with E-state index in [0.29, 0.717) is 36.8 Å². The molecule has 1 aromatic carbocycles. The summed E-state index contributed by atoms with van der Waals surface area (Å²) in [7, 11) is 3.22. The molecule has 0 saturated carbocycles. The van der Waals surface area contributed by atoms with Crippen molar-refractivity contribution >= 4 is 17.5 Å². The van der Waals surface area contributed by atoms with Gasteiger partial charge in [0.2, 0.25) is 0 Å². The van der Waals surface area contributed by atoms with Gasteiger partial charge in [0.1, 0.15) is 5.15 Å². The predicted molar refractivity (Wildman–Crippen MR) is 106 cm³/mol. The van der Waals surface area contributed by atoms with Gasteiger partial charge in [-0.05, 0) is 29.8 Å². The van der Waals surface area contributed by atoms with Gasteiger partial charge in [-0.1, -0.05) is 17.7 Å². The highest BCUT2D eigenvalue weighted by molar-refractivity contribution is 6.29.